The average Bonchev–Trinajstić information content (AvgIpc) is 2.96. The second-order valence-corrected chi connectivity index (χ2v) is 9.67. The van der Waals surface area contributed by atoms with Gasteiger partial charge in [-0.15, -0.1) is 0 Å². The molecule has 0 radical (unpaired) electrons. The number of aromatic nitrogens is 1. The third-order valence-electron chi connectivity index (χ3n) is 6.04. The zero-order valence-corrected chi connectivity index (χ0v) is 23.9. The molecule has 42 heavy (non-hydrogen) atoms. The molecular formula is C30H28FN5O5S. The molecule has 0 saturated carbocycles. The molecule has 216 valence electrons. The number of methoxy groups -OCH3 is 1. The fourth-order valence-electron chi connectivity index (χ4n) is 3.89. The summed E-state index contributed by atoms with van der Waals surface area (Å²) in [6, 6.07) is 17.9. The summed E-state index contributed by atoms with van der Waals surface area (Å²) in [6.45, 7) is -0.199. The van der Waals surface area contributed by atoms with Crippen molar-refractivity contribution in [3.63, 3.8) is 0 Å². The lowest BCUT2D eigenvalue weighted by Crippen LogP contribution is -2.36. The minimum atomic E-state index is -0.697. The van der Waals surface area contributed by atoms with Gasteiger partial charge in [0.15, 0.2) is 16.7 Å². The number of rotatable bonds is 9. The molecule has 1 aromatic heterocycles. The Morgan fingerprint density at radius 1 is 0.976 bits per heavy atom. The van der Waals surface area contributed by atoms with Crippen LogP contribution in [0.1, 0.15) is 15.9 Å². The number of carbonyl (C=O) groups is 3. The Kier molecular flexibility index (Phi) is 9.61. The monoisotopic (exact) mass is 589 g/mol. The Labute approximate surface area is 246 Å². The number of hydrogen-bond donors (Lipinski definition) is 3. The zero-order valence-electron chi connectivity index (χ0n) is 23.1. The van der Waals surface area contributed by atoms with Gasteiger partial charge in [0, 0.05) is 43.5 Å². The van der Waals surface area contributed by atoms with Gasteiger partial charge in [0.05, 0.1) is 31.2 Å². The Morgan fingerprint density at radius 2 is 1.74 bits per heavy atom. The number of nitrogens with zero attached hydrogens (tertiary/aromatic N) is 2. The normalized spacial score (nSPS) is 10.5. The SMILES string of the molecule is COc1cc2nccc(Oc3ccc(NC(=S)NC(=O)Cc4ccccc4)cc3F)c2cc1C(=O)NCC(=O)N(C)C. The largest absolute Gasteiger partial charge is 0.496 e. The Bertz CT molecular complexity index is 1650. The van der Waals surface area contributed by atoms with Crippen molar-refractivity contribution in [2.45, 2.75) is 6.42 Å². The number of carbonyl (C=O) groups excluding carboxylic acids is 3. The molecule has 3 amide bonds. The van der Waals surface area contributed by atoms with E-state index >= 15 is 4.39 Å². The first-order valence-corrected chi connectivity index (χ1v) is 13.1. The zero-order chi connectivity index (χ0) is 30.2. The number of fused-ring (bicyclic) bond motifs is 1. The van der Waals surface area contributed by atoms with Crippen molar-refractivity contribution in [1.82, 2.24) is 20.5 Å². The summed E-state index contributed by atoms with van der Waals surface area (Å²) in [5, 5.41) is 8.37. The van der Waals surface area contributed by atoms with Gasteiger partial charge >= 0.3 is 0 Å². The maximum Gasteiger partial charge on any atom is 0.255 e. The molecule has 12 heteroatoms. The van der Waals surface area contributed by atoms with Crippen LogP contribution in [0, 0.1) is 5.82 Å². The highest BCUT2D eigenvalue weighted by molar-refractivity contribution is 7.80. The predicted molar refractivity (Wildman–Crippen MR) is 160 cm³/mol. The minimum Gasteiger partial charge on any atom is -0.496 e. The maximum absolute atomic E-state index is 15.1. The van der Waals surface area contributed by atoms with Gasteiger partial charge < -0.3 is 30.3 Å². The van der Waals surface area contributed by atoms with Gasteiger partial charge in [-0.05, 0) is 42.0 Å². The Hall–Kier alpha value is -5.10. The molecule has 3 aromatic carbocycles. The van der Waals surface area contributed by atoms with Gasteiger partial charge in [-0.25, -0.2) is 4.39 Å². The fourth-order valence-corrected chi connectivity index (χ4v) is 4.12. The van der Waals surface area contributed by atoms with Gasteiger partial charge in [0.1, 0.15) is 11.5 Å². The topological polar surface area (TPSA) is 122 Å². The standard InChI is InChI=1S/C30H28FN5O5S/c1-36(2)28(38)17-33-29(39)21-15-20-23(16-26(21)40-3)32-12-11-24(20)41-25-10-9-19(14-22(25)31)34-30(42)35-27(37)13-18-7-5-4-6-8-18/h4-12,14-16H,13,17H2,1-3H3,(H,33,39)(H2,34,35,37,42). The molecule has 4 rings (SSSR count). The second kappa shape index (κ2) is 13.5. The van der Waals surface area contributed by atoms with Gasteiger partial charge in [-0.2, -0.15) is 0 Å². The number of ether oxygens (including phenoxy) is 2. The van der Waals surface area contributed by atoms with Crippen molar-refractivity contribution in [2.75, 3.05) is 33.1 Å². The van der Waals surface area contributed by atoms with Gasteiger partial charge in [0.25, 0.3) is 5.91 Å². The number of likely N-dealkylation sites (N-methyl/N-ethyl adjacent to an activating group) is 1. The molecule has 0 saturated heterocycles. The van der Waals surface area contributed by atoms with Gasteiger partial charge in [-0.3, -0.25) is 19.4 Å². The molecule has 0 bridgehead atoms. The predicted octanol–water partition coefficient (Wildman–Crippen LogP) is 4.05. The minimum absolute atomic E-state index is 0.0242. The molecule has 0 aliphatic rings. The van der Waals surface area contributed by atoms with E-state index < -0.39 is 11.7 Å². The molecule has 4 aromatic rings. The number of halogens is 1. The second-order valence-electron chi connectivity index (χ2n) is 9.26. The van der Waals surface area contributed by atoms with E-state index in [0.29, 0.717) is 16.6 Å². The number of thiocarbonyl (C=S) groups is 1. The summed E-state index contributed by atoms with van der Waals surface area (Å²) in [5.41, 5.74) is 1.73. The molecule has 10 nitrogen and oxygen atoms in total. The van der Waals surface area contributed by atoms with Crippen molar-refractivity contribution in [3.05, 3.63) is 89.9 Å². The van der Waals surface area contributed by atoms with E-state index in [1.165, 1.54) is 42.5 Å². The summed E-state index contributed by atoms with van der Waals surface area (Å²) in [6.07, 6.45) is 1.63. The van der Waals surface area contributed by atoms with E-state index in [4.69, 9.17) is 21.7 Å². The van der Waals surface area contributed by atoms with Crippen LogP contribution >= 0.6 is 12.2 Å². The van der Waals surface area contributed by atoms with Crippen LogP contribution in [0.4, 0.5) is 10.1 Å². The van der Waals surface area contributed by atoms with Crippen LogP contribution in [0.3, 0.4) is 0 Å². The van der Waals surface area contributed by atoms with Crippen molar-refractivity contribution in [3.8, 4) is 17.2 Å². The number of amides is 3. The quantitative estimate of drug-likeness (QED) is 0.250. The Morgan fingerprint density at radius 3 is 2.43 bits per heavy atom. The first-order chi connectivity index (χ1) is 20.1. The van der Waals surface area contributed by atoms with Crippen LogP contribution < -0.4 is 25.4 Å². The summed E-state index contributed by atoms with van der Waals surface area (Å²) in [7, 11) is 4.58. The van der Waals surface area contributed by atoms with Crippen molar-refractivity contribution >= 4 is 51.6 Å². The number of pyridine rings is 1. The first kappa shape index (κ1) is 29.9. The summed E-state index contributed by atoms with van der Waals surface area (Å²) in [5.74, 6) is -1.43. The lowest BCUT2D eigenvalue weighted by atomic mass is 10.1. The van der Waals surface area contributed by atoms with Crippen LogP contribution in [-0.4, -0.2) is 60.5 Å². The third-order valence-corrected chi connectivity index (χ3v) is 6.24. The lowest BCUT2D eigenvalue weighted by molar-refractivity contribution is -0.127. The van der Waals surface area contributed by atoms with Crippen LogP contribution in [-0.2, 0) is 16.0 Å². The average molecular weight is 590 g/mol. The van der Waals surface area contributed by atoms with E-state index in [9.17, 15) is 14.4 Å². The molecule has 0 aliphatic heterocycles. The maximum atomic E-state index is 15.1. The smallest absolute Gasteiger partial charge is 0.255 e. The summed E-state index contributed by atoms with van der Waals surface area (Å²) < 4.78 is 26.3. The Balaban J connectivity index is 1.48. The summed E-state index contributed by atoms with van der Waals surface area (Å²) in [4.78, 5) is 42.7. The van der Waals surface area contributed by atoms with Crippen molar-refractivity contribution < 1.29 is 28.2 Å². The van der Waals surface area contributed by atoms with E-state index in [1.807, 2.05) is 30.3 Å². The van der Waals surface area contributed by atoms with Crippen LogP contribution in [0.5, 0.6) is 17.2 Å². The lowest BCUT2D eigenvalue weighted by Gasteiger charge is -2.15. The van der Waals surface area contributed by atoms with Gasteiger partial charge in [0.2, 0.25) is 11.8 Å². The number of benzene rings is 3. The molecule has 0 spiro atoms. The first-order valence-electron chi connectivity index (χ1n) is 12.7. The molecular weight excluding hydrogens is 561 g/mol. The van der Waals surface area contributed by atoms with Crippen molar-refractivity contribution in [2.24, 2.45) is 0 Å². The molecule has 3 N–H and O–H groups in total. The van der Waals surface area contributed by atoms with Gasteiger partial charge in [-0.1, -0.05) is 30.3 Å². The fraction of sp³-hybridized carbons (Fsp3) is 0.167. The van der Waals surface area contributed by atoms with E-state index in [-0.39, 0.29) is 52.7 Å². The molecule has 0 aliphatic carbocycles. The summed E-state index contributed by atoms with van der Waals surface area (Å²) >= 11 is 5.19. The van der Waals surface area contributed by atoms with E-state index in [2.05, 4.69) is 20.9 Å². The third kappa shape index (κ3) is 7.55. The highest BCUT2D eigenvalue weighted by atomic mass is 32.1. The van der Waals surface area contributed by atoms with Crippen LogP contribution in [0.2, 0.25) is 0 Å². The van der Waals surface area contributed by atoms with Crippen LogP contribution in [0.25, 0.3) is 10.9 Å². The molecule has 0 unspecified atom stereocenters. The van der Waals surface area contributed by atoms with Crippen LogP contribution in [0.15, 0.2) is 72.9 Å². The number of hydrogen-bond acceptors (Lipinski definition) is 7. The molecule has 0 fully saturated rings. The van der Waals surface area contributed by atoms with E-state index in [1.54, 1.807) is 26.2 Å². The molecule has 0 atom stereocenters. The number of anilines is 1. The van der Waals surface area contributed by atoms with Crippen molar-refractivity contribution in [1.29, 1.82) is 0 Å². The highest BCUT2D eigenvalue weighted by Gasteiger charge is 2.18. The molecule has 1 heterocycles. The highest BCUT2D eigenvalue weighted by Crippen LogP contribution is 2.34. The van der Waals surface area contributed by atoms with E-state index in [0.717, 1.165) is 5.56 Å². The number of nitrogens with one attached hydrogen (secondary N) is 3.